The molecule has 0 saturated carbocycles. The van der Waals surface area contributed by atoms with Crippen LogP contribution in [0.5, 0.6) is 11.5 Å². The number of ether oxygens (including phenoxy) is 2. The van der Waals surface area contributed by atoms with Gasteiger partial charge < -0.3 is 9.47 Å². The zero-order valence-electron chi connectivity index (χ0n) is 17.3. The molecule has 0 aliphatic rings. The minimum Gasteiger partial charge on any atom is -0.460 e. The second-order valence-electron chi connectivity index (χ2n) is 7.34. The van der Waals surface area contributed by atoms with E-state index in [1.165, 1.54) is 0 Å². The number of alkyl halides is 2. The SMILES string of the molecule is CC(C)C(C(=O)OCc1cccc(Oc2ccccc2)c1)c1cccc(SC(F)F)c1. The number of hydrogen-bond acceptors (Lipinski definition) is 4. The molecule has 0 bridgehead atoms. The van der Waals surface area contributed by atoms with Crippen molar-refractivity contribution in [1.82, 2.24) is 0 Å². The lowest BCUT2D eigenvalue weighted by molar-refractivity contribution is -0.148. The summed E-state index contributed by atoms with van der Waals surface area (Å²) in [6, 6.07) is 23.5. The quantitative estimate of drug-likeness (QED) is 0.258. The van der Waals surface area contributed by atoms with Crippen molar-refractivity contribution >= 4 is 17.7 Å². The Hall–Kier alpha value is -2.86. The van der Waals surface area contributed by atoms with Crippen molar-refractivity contribution in [2.45, 2.75) is 37.0 Å². The number of carbonyl (C=O) groups is 1. The Morgan fingerprint density at radius 3 is 2.32 bits per heavy atom. The Labute approximate surface area is 185 Å². The van der Waals surface area contributed by atoms with Crippen molar-refractivity contribution in [3.05, 3.63) is 90.0 Å². The summed E-state index contributed by atoms with van der Waals surface area (Å²) >= 11 is 0.467. The first-order valence-corrected chi connectivity index (χ1v) is 10.8. The molecule has 6 heteroatoms. The van der Waals surface area contributed by atoms with Gasteiger partial charge in [0.25, 0.3) is 5.76 Å². The van der Waals surface area contributed by atoms with Gasteiger partial charge in [-0.15, -0.1) is 0 Å². The average molecular weight is 443 g/mol. The van der Waals surface area contributed by atoms with Crippen LogP contribution in [-0.4, -0.2) is 11.7 Å². The second-order valence-corrected chi connectivity index (χ2v) is 8.41. The van der Waals surface area contributed by atoms with Gasteiger partial charge in [0, 0.05) is 4.90 Å². The molecule has 3 aromatic carbocycles. The zero-order chi connectivity index (χ0) is 22.2. The molecule has 0 saturated heterocycles. The zero-order valence-corrected chi connectivity index (χ0v) is 18.2. The van der Waals surface area contributed by atoms with Crippen LogP contribution in [0.15, 0.2) is 83.8 Å². The highest BCUT2D eigenvalue weighted by Gasteiger charge is 2.26. The van der Waals surface area contributed by atoms with Crippen molar-refractivity contribution in [1.29, 1.82) is 0 Å². The molecule has 0 spiro atoms. The lowest BCUT2D eigenvalue weighted by atomic mass is 9.88. The molecule has 31 heavy (non-hydrogen) atoms. The summed E-state index contributed by atoms with van der Waals surface area (Å²) in [7, 11) is 0. The highest BCUT2D eigenvalue weighted by molar-refractivity contribution is 7.99. The number of hydrogen-bond donors (Lipinski definition) is 0. The fraction of sp³-hybridized carbons (Fsp3) is 0.240. The van der Waals surface area contributed by atoms with E-state index in [2.05, 4.69) is 0 Å². The number of benzene rings is 3. The molecule has 0 fully saturated rings. The van der Waals surface area contributed by atoms with Crippen LogP contribution in [0, 0.1) is 5.92 Å². The third-order valence-corrected chi connectivity index (χ3v) is 5.33. The molecule has 0 radical (unpaired) electrons. The van der Waals surface area contributed by atoms with Crippen LogP contribution >= 0.6 is 11.8 Å². The number of thioether (sulfide) groups is 1. The topological polar surface area (TPSA) is 35.5 Å². The summed E-state index contributed by atoms with van der Waals surface area (Å²) in [6.45, 7) is 3.92. The maximum atomic E-state index is 12.9. The fourth-order valence-corrected chi connectivity index (χ4v) is 3.81. The Bertz CT molecular complexity index is 993. The number of carbonyl (C=O) groups excluding carboxylic acids is 1. The van der Waals surface area contributed by atoms with E-state index in [-0.39, 0.29) is 18.5 Å². The van der Waals surface area contributed by atoms with Crippen LogP contribution in [0.2, 0.25) is 0 Å². The van der Waals surface area contributed by atoms with Gasteiger partial charge in [0.2, 0.25) is 0 Å². The molecule has 162 valence electrons. The molecule has 0 N–H and O–H groups in total. The summed E-state index contributed by atoms with van der Waals surface area (Å²) in [5.41, 5.74) is 1.47. The monoisotopic (exact) mass is 442 g/mol. The maximum absolute atomic E-state index is 12.9. The highest BCUT2D eigenvalue weighted by Crippen LogP contribution is 2.32. The molecule has 0 amide bonds. The van der Waals surface area contributed by atoms with Crippen molar-refractivity contribution in [2.75, 3.05) is 0 Å². The van der Waals surface area contributed by atoms with E-state index in [9.17, 15) is 13.6 Å². The number of rotatable bonds is 9. The summed E-state index contributed by atoms with van der Waals surface area (Å²) in [5, 5.41) is 0. The van der Waals surface area contributed by atoms with Crippen molar-refractivity contribution in [2.24, 2.45) is 5.92 Å². The lowest BCUT2D eigenvalue weighted by Crippen LogP contribution is -2.21. The normalized spacial score (nSPS) is 12.1. The molecule has 0 aliphatic carbocycles. The van der Waals surface area contributed by atoms with E-state index < -0.39 is 11.7 Å². The van der Waals surface area contributed by atoms with Crippen molar-refractivity contribution < 1.29 is 23.0 Å². The van der Waals surface area contributed by atoms with E-state index in [1.54, 1.807) is 24.3 Å². The minimum atomic E-state index is -2.51. The van der Waals surface area contributed by atoms with E-state index in [0.29, 0.717) is 28.0 Å². The van der Waals surface area contributed by atoms with Gasteiger partial charge in [0.1, 0.15) is 18.1 Å². The third-order valence-electron chi connectivity index (χ3n) is 4.62. The Morgan fingerprint density at radius 1 is 0.903 bits per heavy atom. The smallest absolute Gasteiger partial charge is 0.314 e. The lowest BCUT2D eigenvalue weighted by Gasteiger charge is -2.20. The minimum absolute atomic E-state index is 0.0490. The molecular weight excluding hydrogens is 418 g/mol. The first kappa shape index (κ1) is 22.8. The fourth-order valence-electron chi connectivity index (χ4n) is 3.24. The molecule has 1 atom stereocenters. The highest BCUT2D eigenvalue weighted by atomic mass is 32.2. The van der Waals surface area contributed by atoms with Crippen LogP contribution in [0.1, 0.15) is 30.9 Å². The Kier molecular flexibility index (Phi) is 8.06. The first-order chi connectivity index (χ1) is 14.9. The van der Waals surface area contributed by atoms with E-state index in [1.807, 2.05) is 68.4 Å². The molecule has 3 rings (SSSR count). The van der Waals surface area contributed by atoms with Crippen LogP contribution in [-0.2, 0) is 16.1 Å². The van der Waals surface area contributed by atoms with Crippen LogP contribution in [0.4, 0.5) is 8.78 Å². The molecule has 3 nitrogen and oxygen atoms in total. The molecule has 0 aliphatic heterocycles. The van der Waals surface area contributed by atoms with Gasteiger partial charge in [0.05, 0.1) is 5.92 Å². The summed E-state index contributed by atoms with van der Waals surface area (Å²) in [4.78, 5) is 13.3. The summed E-state index contributed by atoms with van der Waals surface area (Å²) in [6.07, 6.45) is 0. The van der Waals surface area contributed by atoms with Crippen LogP contribution in [0.25, 0.3) is 0 Å². The number of halogens is 2. The molecule has 0 aromatic heterocycles. The van der Waals surface area contributed by atoms with E-state index in [4.69, 9.17) is 9.47 Å². The van der Waals surface area contributed by atoms with E-state index >= 15 is 0 Å². The Morgan fingerprint density at radius 2 is 1.61 bits per heavy atom. The van der Waals surface area contributed by atoms with Gasteiger partial charge in [-0.3, -0.25) is 4.79 Å². The molecule has 3 aromatic rings. The maximum Gasteiger partial charge on any atom is 0.314 e. The predicted octanol–water partition coefficient (Wildman–Crippen LogP) is 7.28. The number of esters is 1. The van der Waals surface area contributed by atoms with E-state index in [0.717, 1.165) is 11.3 Å². The molecule has 0 heterocycles. The van der Waals surface area contributed by atoms with Crippen LogP contribution in [0.3, 0.4) is 0 Å². The molecular formula is C25H24F2O3S. The van der Waals surface area contributed by atoms with Crippen LogP contribution < -0.4 is 4.74 Å². The van der Waals surface area contributed by atoms with Gasteiger partial charge in [-0.1, -0.05) is 68.1 Å². The van der Waals surface area contributed by atoms with Gasteiger partial charge in [-0.05, 0) is 53.4 Å². The van der Waals surface area contributed by atoms with Gasteiger partial charge in [-0.2, -0.15) is 8.78 Å². The van der Waals surface area contributed by atoms with Gasteiger partial charge >= 0.3 is 5.97 Å². The summed E-state index contributed by atoms with van der Waals surface area (Å²) in [5.74, 6) is -2.11. The second kappa shape index (κ2) is 11.0. The van der Waals surface area contributed by atoms with Crippen molar-refractivity contribution in [3.8, 4) is 11.5 Å². The molecule has 1 unspecified atom stereocenters. The Balaban J connectivity index is 1.67. The summed E-state index contributed by atoms with van der Waals surface area (Å²) < 4.78 is 36.8. The van der Waals surface area contributed by atoms with Gasteiger partial charge in [-0.25, -0.2) is 0 Å². The largest absolute Gasteiger partial charge is 0.460 e. The average Bonchev–Trinajstić information content (AvgIpc) is 2.73. The standard InChI is InChI=1S/C25H24F2O3S/c1-17(2)23(19-9-7-13-22(15-19)31-25(26)27)24(28)29-16-18-8-6-12-21(14-18)30-20-10-4-3-5-11-20/h3-15,17,23,25H,16H2,1-2H3. The first-order valence-electron chi connectivity index (χ1n) is 9.95. The third kappa shape index (κ3) is 6.82. The predicted molar refractivity (Wildman–Crippen MR) is 119 cm³/mol. The van der Waals surface area contributed by atoms with Crippen molar-refractivity contribution in [3.63, 3.8) is 0 Å². The number of para-hydroxylation sites is 1. The van der Waals surface area contributed by atoms with Gasteiger partial charge in [0.15, 0.2) is 0 Å².